The van der Waals surface area contributed by atoms with E-state index < -0.39 is 0 Å². The Kier molecular flexibility index (Phi) is 2.89. The number of rotatable bonds is 4. The van der Waals surface area contributed by atoms with Crippen molar-refractivity contribution in [3.63, 3.8) is 0 Å². The molecule has 0 unspecified atom stereocenters. The van der Waals surface area contributed by atoms with E-state index in [4.69, 9.17) is 0 Å². The van der Waals surface area contributed by atoms with Crippen molar-refractivity contribution in [3.8, 4) is 0 Å². The summed E-state index contributed by atoms with van der Waals surface area (Å²) in [7, 11) is 0. The number of anilines is 1. The van der Waals surface area contributed by atoms with Gasteiger partial charge < -0.3 is 10.3 Å². The third kappa shape index (κ3) is 2.68. The molecule has 2 aromatic rings. The molecule has 0 saturated heterocycles. The van der Waals surface area contributed by atoms with Crippen LogP contribution >= 0.6 is 11.3 Å². The number of nitrogens with zero attached hydrogens (tertiary/aromatic N) is 2. The smallest absolute Gasteiger partial charge is 0.252 e. The van der Waals surface area contributed by atoms with Crippen molar-refractivity contribution in [3.05, 3.63) is 38.8 Å². The molecule has 0 spiro atoms. The number of aromatic nitrogens is 3. The monoisotopic (exact) mass is 276 g/mol. The van der Waals surface area contributed by atoms with Crippen molar-refractivity contribution >= 4 is 17.2 Å². The number of hydrogen-bond acceptors (Lipinski definition) is 5. The van der Waals surface area contributed by atoms with Gasteiger partial charge in [0, 0.05) is 23.6 Å². The second kappa shape index (κ2) is 4.45. The molecule has 0 atom stereocenters. The first kappa shape index (κ1) is 12.3. The molecule has 6 heteroatoms. The van der Waals surface area contributed by atoms with Crippen molar-refractivity contribution in [2.24, 2.45) is 0 Å². The van der Waals surface area contributed by atoms with Crippen LogP contribution in [0.25, 0.3) is 0 Å². The second-order valence-electron chi connectivity index (χ2n) is 5.38. The molecule has 0 aromatic carbocycles. The number of aromatic amines is 1. The van der Waals surface area contributed by atoms with Gasteiger partial charge >= 0.3 is 0 Å². The summed E-state index contributed by atoms with van der Waals surface area (Å²) in [6, 6.07) is 1.50. The Morgan fingerprint density at radius 1 is 1.47 bits per heavy atom. The third-order valence-corrected chi connectivity index (χ3v) is 4.23. The van der Waals surface area contributed by atoms with Gasteiger partial charge in [0.05, 0.1) is 5.54 Å². The summed E-state index contributed by atoms with van der Waals surface area (Å²) in [5.74, 6) is 1.84. The first-order chi connectivity index (χ1) is 9.04. The molecule has 19 heavy (non-hydrogen) atoms. The van der Waals surface area contributed by atoms with Gasteiger partial charge in [0.15, 0.2) is 0 Å². The molecule has 1 aliphatic carbocycles. The molecule has 1 saturated carbocycles. The average molecular weight is 276 g/mol. The molecule has 0 aliphatic heterocycles. The van der Waals surface area contributed by atoms with Crippen LogP contribution < -0.4 is 10.9 Å². The lowest BCUT2D eigenvalue weighted by atomic mass is 10.1. The zero-order valence-electron chi connectivity index (χ0n) is 10.9. The van der Waals surface area contributed by atoms with Crippen LogP contribution in [0, 0.1) is 0 Å². The lowest BCUT2D eigenvalue weighted by Crippen LogP contribution is -2.29. The van der Waals surface area contributed by atoms with Crippen LogP contribution in [0.2, 0.25) is 0 Å². The van der Waals surface area contributed by atoms with Gasteiger partial charge in [-0.05, 0) is 26.7 Å². The van der Waals surface area contributed by atoms with Gasteiger partial charge in [-0.25, -0.2) is 9.97 Å². The Morgan fingerprint density at radius 3 is 2.89 bits per heavy atom. The van der Waals surface area contributed by atoms with Gasteiger partial charge in [0.25, 0.3) is 5.56 Å². The van der Waals surface area contributed by atoms with Crippen LogP contribution in [0.5, 0.6) is 0 Å². The molecule has 0 radical (unpaired) electrons. The van der Waals surface area contributed by atoms with E-state index in [1.165, 1.54) is 6.07 Å². The van der Waals surface area contributed by atoms with E-state index >= 15 is 0 Å². The molecule has 3 rings (SSSR count). The maximum Gasteiger partial charge on any atom is 0.252 e. The van der Waals surface area contributed by atoms with E-state index in [9.17, 15) is 4.79 Å². The van der Waals surface area contributed by atoms with Crippen LogP contribution in [-0.2, 0) is 5.54 Å². The highest BCUT2D eigenvalue weighted by Gasteiger charge is 2.28. The zero-order chi connectivity index (χ0) is 13.5. The Labute approximate surface area is 115 Å². The van der Waals surface area contributed by atoms with E-state index in [1.807, 2.05) is 19.2 Å². The summed E-state index contributed by atoms with van der Waals surface area (Å²) in [6.07, 6.45) is 4.01. The molecule has 0 bridgehead atoms. The molecule has 1 aliphatic rings. The summed E-state index contributed by atoms with van der Waals surface area (Å²) < 4.78 is 0. The quantitative estimate of drug-likeness (QED) is 0.900. The fraction of sp³-hybridized carbons (Fsp3) is 0.462. The molecule has 2 heterocycles. The Balaban J connectivity index is 1.88. The van der Waals surface area contributed by atoms with E-state index in [1.54, 1.807) is 17.5 Å². The number of nitrogens with one attached hydrogen (secondary N) is 2. The zero-order valence-corrected chi connectivity index (χ0v) is 11.8. The minimum Gasteiger partial charge on any atom is -0.358 e. The molecule has 2 aromatic heterocycles. The molecular weight excluding hydrogens is 260 g/mol. The summed E-state index contributed by atoms with van der Waals surface area (Å²) in [5.41, 5.74) is -0.440. The first-order valence-electron chi connectivity index (χ1n) is 6.34. The predicted molar refractivity (Wildman–Crippen MR) is 75.6 cm³/mol. The molecule has 0 amide bonds. The van der Waals surface area contributed by atoms with Crippen LogP contribution in [0.4, 0.5) is 5.82 Å². The molecular formula is C13H16N4OS. The average Bonchev–Trinajstić information content (AvgIpc) is 3.02. The van der Waals surface area contributed by atoms with Crippen molar-refractivity contribution in [1.29, 1.82) is 0 Å². The molecule has 1 fully saturated rings. The van der Waals surface area contributed by atoms with Crippen molar-refractivity contribution < 1.29 is 0 Å². The standard InChI is InChI=1S/C13H16N4OS/c1-13(2,12-14-5-6-19-12)17-9-7-10(18)16-11(15-9)8-3-4-8/h5-8H,3-4H2,1-2H3,(H2,15,16,17,18). The highest BCUT2D eigenvalue weighted by molar-refractivity contribution is 7.09. The fourth-order valence-corrected chi connectivity index (χ4v) is 2.71. The molecule has 5 nitrogen and oxygen atoms in total. The van der Waals surface area contributed by atoms with Crippen LogP contribution in [-0.4, -0.2) is 15.0 Å². The number of H-pyrrole nitrogens is 1. The largest absolute Gasteiger partial charge is 0.358 e. The van der Waals surface area contributed by atoms with Gasteiger partial charge in [-0.3, -0.25) is 4.79 Å². The topological polar surface area (TPSA) is 70.7 Å². The van der Waals surface area contributed by atoms with Gasteiger partial charge in [-0.1, -0.05) is 0 Å². The fourth-order valence-electron chi connectivity index (χ4n) is 2.00. The molecule has 100 valence electrons. The van der Waals surface area contributed by atoms with E-state index in [2.05, 4.69) is 20.3 Å². The number of thiazole rings is 1. The number of hydrogen-bond donors (Lipinski definition) is 2. The van der Waals surface area contributed by atoms with Gasteiger partial charge in [-0.15, -0.1) is 11.3 Å². The summed E-state index contributed by atoms with van der Waals surface area (Å²) in [5, 5.41) is 6.22. The normalized spacial score (nSPS) is 15.5. The Hall–Kier alpha value is -1.69. The third-order valence-electron chi connectivity index (χ3n) is 3.13. The summed E-state index contributed by atoms with van der Waals surface area (Å²) in [4.78, 5) is 23.3. The predicted octanol–water partition coefficient (Wildman–Crippen LogP) is 2.45. The SMILES string of the molecule is CC(C)(Nc1cc(=O)[nH]c(C2CC2)n1)c1nccs1. The van der Waals surface area contributed by atoms with E-state index in [0.717, 1.165) is 23.7 Å². The van der Waals surface area contributed by atoms with Crippen molar-refractivity contribution in [2.75, 3.05) is 5.32 Å². The van der Waals surface area contributed by atoms with Crippen molar-refractivity contribution in [2.45, 2.75) is 38.1 Å². The maximum absolute atomic E-state index is 11.7. The van der Waals surface area contributed by atoms with Crippen molar-refractivity contribution in [1.82, 2.24) is 15.0 Å². The highest BCUT2D eigenvalue weighted by atomic mass is 32.1. The van der Waals surface area contributed by atoms with Crippen LogP contribution in [0.3, 0.4) is 0 Å². The van der Waals surface area contributed by atoms with E-state index in [-0.39, 0.29) is 11.1 Å². The minimum atomic E-state index is -0.338. The maximum atomic E-state index is 11.7. The Bertz CT molecular complexity index is 628. The highest BCUT2D eigenvalue weighted by Crippen LogP contribution is 2.38. The Morgan fingerprint density at radius 2 is 2.26 bits per heavy atom. The summed E-state index contributed by atoms with van der Waals surface area (Å²) in [6.45, 7) is 4.07. The minimum absolute atomic E-state index is 0.102. The van der Waals surface area contributed by atoms with Gasteiger partial charge in [0.1, 0.15) is 16.6 Å². The van der Waals surface area contributed by atoms with Crippen LogP contribution in [0.1, 0.15) is 43.4 Å². The second-order valence-corrected chi connectivity index (χ2v) is 6.27. The lowest BCUT2D eigenvalue weighted by molar-refractivity contribution is 0.599. The van der Waals surface area contributed by atoms with Gasteiger partial charge in [0.2, 0.25) is 0 Å². The lowest BCUT2D eigenvalue weighted by Gasteiger charge is -2.24. The van der Waals surface area contributed by atoms with Crippen LogP contribution in [0.15, 0.2) is 22.4 Å². The van der Waals surface area contributed by atoms with E-state index in [0.29, 0.717) is 11.7 Å². The molecule has 2 N–H and O–H groups in total. The van der Waals surface area contributed by atoms with Gasteiger partial charge in [-0.2, -0.15) is 0 Å². The summed E-state index contributed by atoms with van der Waals surface area (Å²) >= 11 is 1.59. The first-order valence-corrected chi connectivity index (χ1v) is 7.22.